The number of rotatable bonds is 6. The maximum Gasteiger partial charge on any atom is 0.165 e. The van der Waals surface area contributed by atoms with Crippen LogP contribution < -0.4 is 10.5 Å². The van der Waals surface area contributed by atoms with Crippen molar-refractivity contribution >= 4 is 9.84 Å². The Morgan fingerprint density at radius 3 is 2.48 bits per heavy atom. The zero-order valence-electron chi connectivity index (χ0n) is 13.0. The van der Waals surface area contributed by atoms with Gasteiger partial charge in [-0.3, -0.25) is 0 Å². The SMILES string of the molecule is CC(N)Cc1cccc(F)c1OCCS(=O)(=O)C(C)(C)C. The molecule has 0 spiro atoms. The quantitative estimate of drug-likeness (QED) is 0.874. The fourth-order valence-electron chi connectivity index (χ4n) is 1.78. The number of halogens is 1. The van der Waals surface area contributed by atoms with Gasteiger partial charge in [-0.15, -0.1) is 0 Å². The van der Waals surface area contributed by atoms with Gasteiger partial charge in [0.15, 0.2) is 21.4 Å². The predicted molar refractivity (Wildman–Crippen MR) is 82.8 cm³/mol. The van der Waals surface area contributed by atoms with Gasteiger partial charge in [-0.05, 0) is 45.7 Å². The lowest BCUT2D eigenvalue weighted by molar-refractivity contribution is 0.317. The first-order valence-corrected chi connectivity index (χ1v) is 8.58. The summed E-state index contributed by atoms with van der Waals surface area (Å²) < 4.78 is 42.4. The Kier molecular flexibility index (Phi) is 5.75. The third kappa shape index (κ3) is 4.97. The van der Waals surface area contributed by atoms with Gasteiger partial charge >= 0.3 is 0 Å². The summed E-state index contributed by atoms with van der Waals surface area (Å²) in [5.74, 6) is -0.553. The van der Waals surface area contributed by atoms with Gasteiger partial charge in [0, 0.05) is 6.04 Å². The van der Waals surface area contributed by atoms with Crippen molar-refractivity contribution in [3.8, 4) is 5.75 Å². The number of nitrogens with two attached hydrogens (primary N) is 1. The molecule has 0 bridgehead atoms. The van der Waals surface area contributed by atoms with Crippen molar-refractivity contribution in [1.82, 2.24) is 0 Å². The molecule has 2 N–H and O–H groups in total. The van der Waals surface area contributed by atoms with E-state index in [0.717, 1.165) is 0 Å². The van der Waals surface area contributed by atoms with Crippen LogP contribution in [0.5, 0.6) is 5.75 Å². The van der Waals surface area contributed by atoms with E-state index in [4.69, 9.17) is 10.5 Å². The molecule has 0 saturated heterocycles. The molecule has 0 radical (unpaired) electrons. The lowest BCUT2D eigenvalue weighted by Gasteiger charge is -2.20. The summed E-state index contributed by atoms with van der Waals surface area (Å²) >= 11 is 0. The molecule has 0 saturated carbocycles. The average molecular weight is 317 g/mol. The topological polar surface area (TPSA) is 69.4 Å². The molecule has 120 valence electrons. The van der Waals surface area contributed by atoms with Crippen LogP contribution in [0.25, 0.3) is 0 Å². The van der Waals surface area contributed by atoms with Gasteiger partial charge in [-0.25, -0.2) is 12.8 Å². The minimum absolute atomic E-state index is 0.0769. The Labute approximate surface area is 126 Å². The standard InChI is InChI=1S/C15H24FNO3S/c1-11(17)10-12-6-5-7-13(16)14(12)20-8-9-21(18,19)15(2,3)4/h5-7,11H,8-10,17H2,1-4H3. The third-order valence-electron chi connectivity index (χ3n) is 3.12. The number of para-hydroxylation sites is 1. The second-order valence-corrected chi connectivity index (χ2v) is 9.05. The second-order valence-electron chi connectivity index (χ2n) is 6.19. The number of hydrogen-bond donors (Lipinski definition) is 1. The molecule has 1 unspecified atom stereocenters. The van der Waals surface area contributed by atoms with Gasteiger partial charge in [0.1, 0.15) is 6.61 Å². The number of ether oxygens (including phenoxy) is 1. The fraction of sp³-hybridized carbons (Fsp3) is 0.600. The van der Waals surface area contributed by atoms with Crippen LogP contribution in [-0.2, 0) is 16.3 Å². The molecule has 0 heterocycles. The monoisotopic (exact) mass is 317 g/mol. The van der Waals surface area contributed by atoms with Crippen LogP contribution in [-0.4, -0.2) is 31.6 Å². The summed E-state index contributed by atoms with van der Waals surface area (Å²) in [5.41, 5.74) is 6.38. The maximum absolute atomic E-state index is 13.8. The normalized spacial score (nSPS) is 14.0. The molecule has 4 nitrogen and oxygen atoms in total. The van der Waals surface area contributed by atoms with E-state index in [2.05, 4.69) is 0 Å². The van der Waals surface area contributed by atoms with Crippen molar-refractivity contribution in [2.75, 3.05) is 12.4 Å². The maximum atomic E-state index is 13.8. The zero-order chi connectivity index (χ0) is 16.3. The Balaban J connectivity index is 2.81. The minimum Gasteiger partial charge on any atom is -0.489 e. The van der Waals surface area contributed by atoms with E-state index in [0.29, 0.717) is 12.0 Å². The van der Waals surface area contributed by atoms with E-state index in [1.165, 1.54) is 6.07 Å². The van der Waals surface area contributed by atoms with Gasteiger partial charge in [0.2, 0.25) is 0 Å². The van der Waals surface area contributed by atoms with E-state index in [9.17, 15) is 12.8 Å². The molecule has 1 aromatic rings. The smallest absolute Gasteiger partial charge is 0.165 e. The van der Waals surface area contributed by atoms with E-state index in [1.54, 1.807) is 32.9 Å². The predicted octanol–water partition coefficient (Wildman–Crippen LogP) is 2.31. The van der Waals surface area contributed by atoms with Crippen LogP contribution >= 0.6 is 0 Å². The molecule has 21 heavy (non-hydrogen) atoms. The van der Waals surface area contributed by atoms with Crippen LogP contribution in [0.4, 0.5) is 4.39 Å². The van der Waals surface area contributed by atoms with E-state index < -0.39 is 20.4 Å². The first-order chi connectivity index (χ1) is 9.54. The molecule has 0 aliphatic carbocycles. The molecular formula is C15H24FNO3S. The summed E-state index contributed by atoms with van der Waals surface area (Å²) in [7, 11) is -3.29. The number of benzene rings is 1. The van der Waals surface area contributed by atoms with E-state index in [-0.39, 0.29) is 24.2 Å². The lowest BCUT2D eigenvalue weighted by atomic mass is 10.1. The van der Waals surface area contributed by atoms with Crippen molar-refractivity contribution < 1.29 is 17.5 Å². The van der Waals surface area contributed by atoms with Crippen LogP contribution in [0.1, 0.15) is 33.3 Å². The van der Waals surface area contributed by atoms with Crippen molar-refractivity contribution in [3.05, 3.63) is 29.6 Å². The Morgan fingerprint density at radius 1 is 1.33 bits per heavy atom. The molecule has 1 rings (SSSR count). The first kappa shape index (κ1) is 17.9. The van der Waals surface area contributed by atoms with Gasteiger partial charge < -0.3 is 10.5 Å². The summed E-state index contributed by atoms with van der Waals surface area (Å²) in [6.07, 6.45) is 0.471. The first-order valence-electron chi connectivity index (χ1n) is 6.92. The van der Waals surface area contributed by atoms with Crippen LogP contribution in [0.2, 0.25) is 0 Å². The third-order valence-corrected chi connectivity index (χ3v) is 5.69. The van der Waals surface area contributed by atoms with Crippen molar-refractivity contribution in [1.29, 1.82) is 0 Å². The van der Waals surface area contributed by atoms with Crippen molar-refractivity contribution in [2.45, 2.75) is 44.9 Å². The van der Waals surface area contributed by atoms with Crippen molar-refractivity contribution in [2.24, 2.45) is 5.73 Å². The van der Waals surface area contributed by atoms with Crippen LogP contribution in [0.15, 0.2) is 18.2 Å². The number of sulfone groups is 1. The second kappa shape index (κ2) is 6.75. The van der Waals surface area contributed by atoms with Gasteiger partial charge in [0.25, 0.3) is 0 Å². The van der Waals surface area contributed by atoms with Crippen molar-refractivity contribution in [3.63, 3.8) is 0 Å². The lowest BCUT2D eigenvalue weighted by Crippen LogP contribution is -2.32. The zero-order valence-corrected chi connectivity index (χ0v) is 13.8. The van der Waals surface area contributed by atoms with Crippen LogP contribution in [0, 0.1) is 5.82 Å². The highest BCUT2D eigenvalue weighted by Crippen LogP contribution is 2.24. The highest BCUT2D eigenvalue weighted by atomic mass is 32.2. The molecule has 0 fully saturated rings. The van der Waals surface area contributed by atoms with Gasteiger partial charge in [-0.1, -0.05) is 12.1 Å². The summed E-state index contributed by atoms with van der Waals surface area (Å²) in [6, 6.07) is 4.48. The highest BCUT2D eigenvalue weighted by Gasteiger charge is 2.28. The van der Waals surface area contributed by atoms with E-state index >= 15 is 0 Å². The minimum atomic E-state index is -3.29. The summed E-state index contributed by atoms with van der Waals surface area (Å²) in [4.78, 5) is 0. The molecule has 6 heteroatoms. The van der Waals surface area contributed by atoms with Crippen LogP contribution in [0.3, 0.4) is 0 Å². The van der Waals surface area contributed by atoms with E-state index in [1.807, 2.05) is 6.92 Å². The highest BCUT2D eigenvalue weighted by molar-refractivity contribution is 7.92. The molecule has 1 aromatic carbocycles. The largest absolute Gasteiger partial charge is 0.489 e. The summed E-state index contributed by atoms with van der Waals surface area (Å²) in [5, 5.41) is 0. The van der Waals surface area contributed by atoms with Gasteiger partial charge in [0.05, 0.1) is 10.5 Å². The molecule has 0 aromatic heterocycles. The number of hydrogen-bond acceptors (Lipinski definition) is 4. The average Bonchev–Trinajstić information content (AvgIpc) is 2.30. The molecule has 0 aliphatic rings. The fourth-order valence-corrected chi connectivity index (χ4v) is 2.70. The molecule has 1 atom stereocenters. The summed E-state index contributed by atoms with van der Waals surface area (Å²) in [6.45, 7) is 6.64. The Hall–Kier alpha value is -1.14. The molecule has 0 amide bonds. The molecule has 0 aliphatic heterocycles. The Morgan fingerprint density at radius 2 is 1.95 bits per heavy atom. The molecular weight excluding hydrogens is 293 g/mol. The van der Waals surface area contributed by atoms with Gasteiger partial charge in [-0.2, -0.15) is 0 Å². The Bertz CT molecular complexity index is 577.